The standard InChI is InChI=1S/C13H29N3O3S/c1-11(2)10-16(8-6-12(14)15-17)20(18,19)9-7-13(3,4)5/h11,17H,6-10H2,1-5H3,(H2,14,15). The molecule has 0 aliphatic carbocycles. The third-order valence-corrected chi connectivity index (χ3v) is 4.66. The number of hydrogen-bond acceptors (Lipinski definition) is 4. The van der Waals surface area contributed by atoms with E-state index >= 15 is 0 Å². The van der Waals surface area contributed by atoms with Crippen molar-refractivity contribution in [1.82, 2.24) is 4.31 Å². The lowest BCUT2D eigenvalue weighted by atomic mass is 9.94. The molecule has 0 amide bonds. The number of hydrogen-bond donors (Lipinski definition) is 2. The van der Waals surface area contributed by atoms with Crippen LogP contribution < -0.4 is 5.73 Å². The van der Waals surface area contributed by atoms with Crippen LogP contribution in [0.1, 0.15) is 47.5 Å². The van der Waals surface area contributed by atoms with Crippen LogP contribution in [0.2, 0.25) is 0 Å². The number of rotatable bonds is 8. The van der Waals surface area contributed by atoms with Crippen molar-refractivity contribution in [1.29, 1.82) is 0 Å². The Morgan fingerprint density at radius 1 is 1.35 bits per heavy atom. The number of oxime groups is 1. The van der Waals surface area contributed by atoms with Gasteiger partial charge in [-0.15, -0.1) is 0 Å². The van der Waals surface area contributed by atoms with Crippen molar-refractivity contribution in [2.75, 3.05) is 18.8 Å². The zero-order valence-corrected chi connectivity index (χ0v) is 14.1. The van der Waals surface area contributed by atoms with E-state index < -0.39 is 10.0 Å². The molecule has 0 rings (SSSR count). The van der Waals surface area contributed by atoms with E-state index in [1.54, 1.807) is 0 Å². The maximum Gasteiger partial charge on any atom is 0.214 e. The Kier molecular flexibility index (Phi) is 7.51. The van der Waals surface area contributed by atoms with E-state index in [0.717, 1.165) is 0 Å². The Labute approximate surface area is 123 Å². The minimum Gasteiger partial charge on any atom is -0.409 e. The average molecular weight is 307 g/mol. The highest BCUT2D eigenvalue weighted by atomic mass is 32.2. The molecule has 0 saturated carbocycles. The van der Waals surface area contributed by atoms with Gasteiger partial charge < -0.3 is 10.9 Å². The normalized spacial score (nSPS) is 14.2. The number of amidine groups is 1. The summed E-state index contributed by atoms with van der Waals surface area (Å²) in [6.45, 7) is 10.7. The molecule has 0 aromatic carbocycles. The molecule has 3 N–H and O–H groups in total. The van der Waals surface area contributed by atoms with E-state index in [0.29, 0.717) is 13.0 Å². The molecule has 0 fully saturated rings. The number of sulfonamides is 1. The highest BCUT2D eigenvalue weighted by Gasteiger charge is 2.25. The van der Waals surface area contributed by atoms with Gasteiger partial charge in [0.25, 0.3) is 0 Å². The fourth-order valence-electron chi connectivity index (χ4n) is 1.60. The summed E-state index contributed by atoms with van der Waals surface area (Å²) in [4.78, 5) is 0. The van der Waals surface area contributed by atoms with Gasteiger partial charge >= 0.3 is 0 Å². The summed E-state index contributed by atoms with van der Waals surface area (Å²) in [6, 6.07) is 0. The van der Waals surface area contributed by atoms with Gasteiger partial charge in [0, 0.05) is 19.5 Å². The lowest BCUT2D eigenvalue weighted by molar-refractivity contribution is 0.314. The van der Waals surface area contributed by atoms with Crippen molar-refractivity contribution in [3.63, 3.8) is 0 Å². The maximum atomic E-state index is 12.4. The van der Waals surface area contributed by atoms with Crippen LogP contribution in [0.5, 0.6) is 0 Å². The molecule has 0 atom stereocenters. The zero-order chi connectivity index (χ0) is 16.0. The molecule has 0 heterocycles. The van der Waals surface area contributed by atoms with Gasteiger partial charge in [0.05, 0.1) is 5.75 Å². The molecule has 120 valence electrons. The van der Waals surface area contributed by atoms with Gasteiger partial charge in [-0.05, 0) is 17.8 Å². The topological polar surface area (TPSA) is 96.0 Å². The molecule has 0 aromatic heterocycles. The summed E-state index contributed by atoms with van der Waals surface area (Å²) in [6.07, 6.45) is 0.839. The van der Waals surface area contributed by atoms with E-state index in [1.165, 1.54) is 4.31 Å². The molecule has 0 saturated heterocycles. The Balaban J connectivity index is 4.82. The van der Waals surface area contributed by atoms with E-state index in [4.69, 9.17) is 10.9 Å². The second kappa shape index (κ2) is 7.83. The lowest BCUT2D eigenvalue weighted by Gasteiger charge is -2.26. The van der Waals surface area contributed by atoms with Crippen LogP contribution in [0.15, 0.2) is 5.16 Å². The Bertz CT molecular complexity index is 411. The first-order chi connectivity index (χ1) is 8.98. The highest BCUT2D eigenvalue weighted by Crippen LogP contribution is 2.21. The number of nitrogens with zero attached hydrogens (tertiary/aromatic N) is 2. The summed E-state index contributed by atoms with van der Waals surface area (Å²) in [5.74, 6) is 0.399. The first kappa shape index (κ1) is 19.2. The molecule has 0 bridgehead atoms. The SMILES string of the molecule is CC(C)CN(CCC(N)=NO)S(=O)(=O)CCC(C)(C)C. The first-order valence-electron chi connectivity index (χ1n) is 6.92. The molecule has 7 heteroatoms. The van der Waals surface area contributed by atoms with Gasteiger partial charge in [-0.3, -0.25) is 0 Å². The Morgan fingerprint density at radius 3 is 2.30 bits per heavy atom. The predicted octanol–water partition coefficient (Wildman–Crippen LogP) is 1.85. The van der Waals surface area contributed by atoms with E-state index in [-0.39, 0.29) is 35.9 Å². The van der Waals surface area contributed by atoms with Gasteiger partial charge in [0.1, 0.15) is 5.84 Å². The molecule has 0 radical (unpaired) electrons. The van der Waals surface area contributed by atoms with E-state index in [1.807, 2.05) is 34.6 Å². The monoisotopic (exact) mass is 307 g/mol. The van der Waals surface area contributed by atoms with Gasteiger partial charge in [-0.25, -0.2) is 12.7 Å². The molecule has 20 heavy (non-hydrogen) atoms. The fraction of sp³-hybridized carbons (Fsp3) is 0.923. The van der Waals surface area contributed by atoms with Gasteiger partial charge in [0.15, 0.2) is 0 Å². The maximum absolute atomic E-state index is 12.4. The van der Waals surface area contributed by atoms with E-state index in [2.05, 4.69) is 5.16 Å². The quantitative estimate of drug-likeness (QED) is 0.309. The lowest BCUT2D eigenvalue weighted by Crippen LogP contribution is -2.38. The van der Waals surface area contributed by atoms with Crippen LogP contribution in [0.3, 0.4) is 0 Å². The van der Waals surface area contributed by atoms with Crippen molar-refractivity contribution in [2.24, 2.45) is 22.2 Å². The molecule has 0 aliphatic rings. The molecular formula is C13H29N3O3S. The minimum atomic E-state index is -3.31. The van der Waals surface area contributed by atoms with Crippen LogP contribution in [0.4, 0.5) is 0 Å². The van der Waals surface area contributed by atoms with Crippen LogP contribution in [0.25, 0.3) is 0 Å². The van der Waals surface area contributed by atoms with Crippen LogP contribution in [-0.2, 0) is 10.0 Å². The van der Waals surface area contributed by atoms with Gasteiger partial charge in [-0.1, -0.05) is 39.8 Å². The second-order valence-corrected chi connectivity index (χ2v) is 8.81. The molecule has 0 aliphatic heterocycles. The second-order valence-electron chi connectivity index (χ2n) is 6.72. The summed E-state index contributed by atoms with van der Waals surface area (Å²) >= 11 is 0. The third-order valence-electron chi connectivity index (χ3n) is 2.82. The van der Waals surface area contributed by atoms with Gasteiger partial charge in [0.2, 0.25) is 10.0 Å². The zero-order valence-electron chi connectivity index (χ0n) is 13.3. The van der Waals surface area contributed by atoms with Crippen molar-refractivity contribution in [2.45, 2.75) is 47.5 Å². The van der Waals surface area contributed by atoms with Crippen LogP contribution >= 0.6 is 0 Å². The van der Waals surface area contributed by atoms with Gasteiger partial charge in [-0.2, -0.15) is 0 Å². The van der Waals surface area contributed by atoms with E-state index in [9.17, 15) is 8.42 Å². The third kappa shape index (κ3) is 8.37. The van der Waals surface area contributed by atoms with Crippen molar-refractivity contribution < 1.29 is 13.6 Å². The van der Waals surface area contributed by atoms with Crippen LogP contribution in [-0.4, -0.2) is 42.6 Å². The summed E-state index contributed by atoms with van der Waals surface area (Å²) in [5, 5.41) is 11.4. The first-order valence-corrected chi connectivity index (χ1v) is 8.53. The fourth-order valence-corrected chi connectivity index (χ4v) is 3.63. The highest BCUT2D eigenvalue weighted by molar-refractivity contribution is 7.89. The summed E-state index contributed by atoms with van der Waals surface area (Å²) < 4.78 is 26.2. The van der Waals surface area contributed by atoms with Crippen molar-refractivity contribution >= 4 is 15.9 Å². The van der Waals surface area contributed by atoms with Crippen molar-refractivity contribution in [3.05, 3.63) is 0 Å². The minimum absolute atomic E-state index is 0.0256. The molecular weight excluding hydrogens is 278 g/mol. The average Bonchev–Trinajstić information content (AvgIpc) is 2.30. The van der Waals surface area contributed by atoms with Crippen LogP contribution in [0, 0.1) is 11.3 Å². The molecule has 6 nitrogen and oxygen atoms in total. The number of nitrogens with two attached hydrogens (primary N) is 1. The molecule has 0 spiro atoms. The smallest absolute Gasteiger partial charge is 0.214 e. The Hall–Kier alpha value is -0.820. The summed E-state index contributed by atoms with van der Waals surface area (Å²) in [7, 11) is -3.31. The predicted molar refractivity (Wildman–Crippen MR) is 82.3 cm³/mol. The summed E-state index contributed by atoms with van der Waals surface area (Å²) in [5.41, 5.74) is 5.39. The molecule has 0 aromatic rings. The van der Waals surface area contributed by atoms with Crippen molar-refractivity contribution in [3.8, 4) is 0 Å². The Morgan fingerprint density at radius 2 is 1.90 bits per heavy atom. The molecule has 0 unspecified atom stereocenters. The largest absolute Gasteiger partial charge is 0.409 e.